The molecule has 1 rings (SSSR count). The molecule has 1 heterocycles. The summed E-state index contributed by atoms with van der Waals surface area (Å²) in [6, 6.07) is 2.28. The summed E-state index contributed by atoms with van der Waals surface area (Å²) in [6.07, 6.45) is 1.02. The standard InChI is InChI=1S/C10H18N2O/c1-8(2)6-12-10(5-11)9-3-4-13-7-9/h8-10,12H,3-4,6-7H2,1-2H3. The summed E-state index contributed by atoms with van der Waals surface area (Å²) in [5.74, 6) is 0.988. The van der Waals surface area contributed by atoms with Crippen molar-refractivity contribution in [2.75, 3.05) is 19.8 Å². The lowest BCUT2D eigenvalue weighted by Crippen LogP contribution is -2.37. The molecule has 0 bridgehead atoms. The average Bonchev–Trinajstić information content (AvgIpc) is 2.58. The predicted molar refractivity (Wildman–Crippen MR) is 51.2 cm³/mol. The molecular formula is C10H18N2O. The second kappa shape index (κ2) is 5.21. The van der Waals surface area contributed by atoms with Crippen LogP contribution in [-0.4, -0.2) is 25.8 Å². The van der Waals surface area contributed by atoms with E-state index in [-0.39, 0.29) is 6.04 Å². The third-order valence-corrected chi connectivity index (χ3v) is 2.32. The molecule has 1 fully saturated rings. The van der Waals surface area contributed by atoms with E-state index in [0.29, 0.717) is 11.8 Å². The highest BCUT2D eigenvalue weighted by atomic mass is 16.5. The van der Waals surface area contributed by atoms with Crippen LogP contribution in [-0.2, 0) is 4.74 Å². The molecule has 2 unspecified atom stereocenters. The minimum Gasteiger partial charge on any atom is -0.381 e. The van der Waals surface area contributed by atoms with Crippen molar-refractivity contribution in [1.29, 1.82) is 5.26 Å². The summed E-state index contributed by atoms with van der Waals surface area (Å²) < 4.78 is 5.26. The first-order chi connectivity index (χ1) is 6.24. The van der Waals surface area contributed by atoms with E-state index in [0.717, 1.165) is 26.2 Å². The molecule has 0 aliphatic carbocycles. The molecule has 3 nitrogen and oxygen atoms in total. The van der Waals surface area contributed by atoms with Gasteiger partial charge in [0.25, 0.3) is 0 Å². The Morgan fingerprint density at radius 1 is 1.62 bits per heavy atom. The Bertz CT molecular complexity index is 180. The molecule has 0 aromatic carbocycles. The van der Waals surface area contributed by atoms with Crippen molar-refractivity contribution in [3.63, 3.8) is 0 Å². The average molecular weight is 182 g/mol. The monoisotopic (exact) mass is 182 g/mol. The smallest absolute Gasteiger partial charge is 0.100 e. The number of rotatable bonds is 4. The lowest BCUT2D eigenvalue weighted by molar-refractivity contribution is 0.181. The van der Waals surface area contributed by atoms with E-state index in [1.54, 1.807) is 0 Å². The van der Waals surface area contributed by atoms with E-state index in [2.05, 4.69) is 25.2 Å². The van der Waals surface area contributed by atoms with Crippen molar-refractivity contribution in [3.05, 3.63) is 0 Å². The first-order valence-corrected chi connectivity index (χ1v) is 4.94. The number of ether oxygens (including phenoxy) is 1. The highest BCUT2D eigenvalue weighted by Crippen LogP contribution is 2.16. The Balaban J connectivity index is 2.30. The fourth-order valence-electron chi connectivity index (χ4n) is 1.50. The van der Waals surface area contributed by atoms with E-state index in [4.69, 9.17) is 10.00 Å². The molecule has 1 N–H and O–H groups in total. The van der Waals surface area contributed by atoms with Gasteiger partial charge in [-0.25, -0.2) is 0 Å². The van der Waals surface area contributed by atoms with Gasteiger partial charge in [0.15, 0.2) is 0 Å². The Labute approximate surface area is 80.1 Å². The van der Waals surface area contributed by atoms with E-state index < -0.39 is 0 Å². The lowest BCUT2D eigenvalue weighted by atomic mass is 10.00. The normalized spacial score (nSPS) is 24.6. The topological polar surface area (TPSA) is 45.0 Å². The number of hydrogen-bond donors (Lipinski definition) is 1. The largest absolute Gasteiger partial charge is 0.381 e. The second-order valence-electron chi connectivity index (χ2n) is 4.03. The van der Waals surface area contributed by atoms with Crippen LogP contribution in [0, 0.1) is 23.2 Å². The number of nitriles is 1. The van der Waals surface area contributed by atoms with Crippen LogP contribution in [0.25, 0.3) is 0 Å². The maximum Gasteiger partial charge on any atom is 0.100 e. The van der Waals surface area contributed by atoms with Crippen LogP contribution in [0.1, 0.15) is 20.3 Å². The van der Waals surface area contributed by atoms with Crippen LogP contribution in [0.4, 0.5) is 0 Å². The SMILES string of the molecule is CC(C)CNC(C#N)C1CCOC1. The van der Waals surface area contributed by atoms with Gasteiger partial charge in [-0.3, -0.25) is 0 Å². The Morgan fingerprint density at radius 2 is 2.38 bits per heavy atom. The van der Waals surface area contributed by atoms with Gasteiger partial charge in [0, 0.05) is 12.5 Å². The highest BCUT2D eigenvalue weighted by Gasteiger charge is 2.25. The van der Waals surface area contributed by atoms with Crippen molar-refractivity contribution in [1.82, 2.24) is 5.32 Å². The molecule has 1 saturated heterocycles. The Hall–Kier alpha value is -0.590. The van der Waals surface area contributed by atoms with Crippen LogP contribution in [0.5, 0.6) is 0 Å². The molecule has 0 spiro atoms. The van der Waals surface area contributed by atoms with E-state index in [1.807, 2.05) is 0 Å². The molecule has 0 saturated carbocycles. The van der Waals surface area contributed by atoms with Crippen molar-refractivity contribution < 1.29 is 4.74 Å². The van der Waals surface area contributed by atoms with Crippen molar-refractivity contribution in [2.45, 2.75) is 26.3 Å². The predicted octanol–water partition coefficient (Wildman–Crippen LogP) is 1.16. The lowest BCUT2D eigenvalue weighted by Gasteiger charge is -2.17. The zero-order valence-corrected chi connectivity index (χ0v) is 8.42. The van der Waals surface area contributed by atoms with E-state index >= 15 is 0 Å². The van der Waals surface area contributed by atoms with Gasteiger partial charge in [-0.2, -0.15) is 5.26 Å². The van der Waals surface area contributed by atoms with E-state index in [1.165, 1.54) is 0 Å². The molecule has 1 aliphatic rings. The van der Waals surface area contributed by atoms with Gasteiger partial charge < -0.3 is 10.1 Å². The molecule has 3 heteroatoms. The fraction of sp³-hybridized carbons (Fsp3) is 0.900. The number of nitrogens with zero attached hydrogens (tertiary/aromatic N) is 1. The summed E-state index contributed by atoms with van der Waals surface area (Å²) in [5.41, 5.74) is 0. The van der Waals surface area contributed by atoms with Crippen LogP contribution >= 0.6 is 0 Å². The molecule has 1 aliphatic heterocycles. The van der Waals surface area contributed by atoms with Gasteiger partial charge in [-0.1, -0.05) is 13.8 Å². The minimum atomic E-state index is -0.0232. The molecule has 0 aromatic heterocycles. The van der Waals surface area contributed by atoms with Gasteiger partial charge in [-0.15, -0.1) is 0 Å². The van der Waals surface area contributed by atoms with Gasteiger partial charge in [0.2, 0.25) is 0 Å². The third-order valence-electron chi connectivity index (χ3n) is 2.32. The van der Waals surface area contributed by atoms with E-state index in [9.17, 15) is 0 Å². The van der Waals surface area contributed by atoms with Gasteiger partial charge in [-0.05, 0) is 18.9 Å². The quantitative estimate of drug-likeness (QED) is 0.709. The van der Waals surface area contributed by atoms with Gasteiger partial charge in [0.1, 0.15) is 6.04 Å². The zero-order chi connectivity index (χ0) is 9.68. The first-order valence-electron chi connectivity index (χ1n) is 4.94. The molecule has 2 atom stereocenters. The number of nitrogens with one attached hydrogen (secondary N) is 1. The molecule has 0 aromatic rings. The Morgan fingerprint density at radius 3 is 2.85 bits per heavy atom. The minimum absolute atomic E-state index is 0.0232. The zero-order valence-electron chi connectivity index (χ0n) is 8.42. The van der Waals surface area contributed by atoms with Gasteiger partial charge >= 0.3 is 0 Å². The summed E-state index contributed by atoms with van der Waals surface area (Å²) >= 11 is 0. The Kier molecular flexibility index (Phi) is 4.20. The van der Waals surface area contributed by atoms with Crippen molar-refractivity contribution in [3.8, 4) is 6.07 Å². The summed E-state index contributed by atoms with van der Waals surface area (Å²) in [7, 11) is 0. The molecule has 0 radical (unpaired) electrons. The third kappa shape index (κ3) is 3.33. The number of hydrogen-bond acceptors (Lipinski definition) is 3. The molecular weight excluding hydrogens is 164 g/mol. The van der Waals surface area contributed by atoms with Gasteiger partial charge in [0.05, 0.1) is 12.7 Å². The first kappa shape index (κ1) is 10.5. The summed E-state index contributed by atoms with van der Waals surface area (Å²) in [4.78, 5) is 0. The van der Waals surface area contributed by atoms with Crippen LogP contribution in [0.2, 0.25) is 0 Å². The molecule has 0 amide bonds. The fourth-order valence-corrected chi connectivity index (χ4v) is 1.50. The van der Waals surface area contributed by atoms with Crippen LogP contribution in [0.3, 0.4) is 0 Å². The highest BCUT2D eigenvalue weighted by molar-refractivity contribution is 4.96. The maximum atomic E-state index is 8.93. The summed E-state index contributed by atoms with van der Waals surface area (Å²) in [6.45, 7) is 6.75. The summed E-state index contributed by atoms with van der Waals surface area (Å²) in [5, 5.41) is 12.2. The maximum absolute atomic E-state index is 8.93. The van der Waals surface area contributed by atoms with Crippen molar-refractivity contribution >= 4 is 0 Å². The molecule has 74 valence electrons. The second-order valence-corrected chi connectivity index (χ2v) is 4.03. The van der Waals surface area contributed by atoms with Crippen molar-refractivity contribution in [2.24, 2.45) is 11.8 Å². The molecule has 13 heavy (non-hydrogen) atoms. The van der Waals surface area contributed by atoms with Crippen LogP contribution < -0.4 is 5.32 Å². The van der Waals surface area contributed by atoms with Crippen LogP contribution in [0.15, 0.2) is 0 Å².